The molecule has 1 saturated heterocycles. The predicted molar refractivity (Wildman–Crippen MR) is 86.4 cm³/mol. The zero-order chi connectivity index (χ0) is 15.3. The Kier molecular flexibility index (Phi) is 3.44. The minimum Gasteiger partial charge on any atom is -0.315 e. The van der Waals surface area contributed by atoms with E-state index < -0.39 is 10.8 Å². The maximum Gasteiger partial charge on any atom is 0.230 e. The number of aryl methyl sites for hydroxylation is 1. The number of allylic oxidation sites excluding steroid dienone is 2. The predicted octanol–water partition coefficient (Wildman–Crippen LogP) is 3.37. The van der Waals surface area contributed by atoms with Gasteiger partial charge < -0.3 is 4.90 Å². The first-order valence-electron chi connectivity index (χ1n) is 8.19. The van der Waals surface area contributed by atoms with Gasteiger partial charge in [0.1, 0.15) is 0 Å². The van der Waals surface area contributed by atoms with Crippen LogP contribution >= 0.6 is 0 Å². The molecule has 1 aromatic carbocycles. The van der Waals surface area contributed by atoms with Crippen LogP contribution in [0.1, 0.15) is 37.7 Å². The van der Waals surface area contributed by atoms with Crippen molar-refractivity contribution in [2.75, 3.05) is 6.54 Å². The summed E-state index contributed by atoms with van der Waals surface area (Å²) in [6.07, 6.45) is 4.97. The Labute approximate surface area is 133 Å². The molecule has 1 aromatic rings. The molecule has 0 spiro atoms. The number of nitrogens with zero attached hydrogens (tertiary/aromatic N) is 1. The molecule has 3 atom stereocenters. The van der Waals surface area contributed by atoms with E-state index in [2.05, 4.69) is 0 Å². The van der Waals surface area contributed by atoms with Crippen molar-refractivity contribution in [3.05, 3.63) is 40.4 Å². The summed E-state index contributed by atoms with van der Waals surface area (Å²) in [6, 6.07) is 7.98. The number of hydrogen-bond donors (Lipinski definition) is 0. The molecule has 3 nitrogen and oxygen atoms in total. The van der Waals surface area contributed by atoms with E-state index >= 15 is 0 Å². The fourth-order valence-electron chi connectivity index (χ4n) is 4.19. The Hall–Kier alpha value is -1.42. The maximum absolute atomic E-state index is 13.2. The van der Waals surface area contributed by atoms with E-state index in [1.807, 2.05) is 36.1 Å². The zero-order valence-electron chi connectivity index (χ0n) is 12.9. The lowest BCUT2D eigenvalue weighted by Crippen LogP contribution is -2.41. The van der Waals surface area contributed by atoms with Crippen LogP contribution in [0.25, 0.3) is 0 Å². The van der Waals surface area contributed by atoms with E-state index in [1.165, 1.54) is 5.56 Å². The van der Waals surface area contributed by atoms with Crippen molar-refractivity contribution in [2.45, 2.75) is 43.9 Å². The monoisotopic (exact) mass is 315 g/mol. The molecule has 1 saturated carbocycles. The number of benzene rings is 1. The third-order valence-electron chi connectivity index (χ3n) is 5.28. The van der Waals surface area contributed by atoms with Crippen LogP contribution in [-0.4, -0.2) is 21.6 Å². The van der Waals surface area contributed by atoms with Gasteiger partial charge in [-0.05, 0) is 44.7 Å². The van der Waals surface area contributed by atoms with E-state index in [4.69, 9.17) is 0 Å². The summed E-state index contributed by atoms with van der Waals surface area (Å²) >= 11 is 0. The molecule has 1 amide bonds. The molecule has 4 rings (SSSR count). The largest absolute Gasteiger partial charge is 0.315 e. The Bertz CT molecular complexity index is 677. The Balaban J connectivity index is 1.80. The normalized spacial score (nSPS) is 28.8. The van der Waals surface area contributed by atoms with Crippen LogP contribution in [0.4, 0.5) is 0 Å². The molecule has 1 unspecified atom stereocenters. The molecule has 116 valence electrons. The van der Waals surface area contributed by atoms with Gasteiger partial charge in [-0.2, -0.15) is 0 Å². The summed E-state index contributed by atoms with van der Waals surface area (Å²) in [5.41, 5.74) is 2.26. The molecule has 0 aromatic heterocycles. The number of hydrogen-bond acceptors (Lipinski definition) is 2. The molecule has 0 radical (unpaired) electrons. The van der Waals surface area contributed by atoms with Gasteiger partial charge in [0.05, 0.1) is 10.8 Å². The van der Waals surface area contributed by atoms with Gasteiger partial charge in [-0.1, -0.05) is 24.1 Å². The zero-order valence-corrected chi connectivity index (χ0v) is 13.7. The number of amides is 1. The molecule has 0 bridgehead atoms. The summed E-state index contributed by atoms with van der Waals surface area (Å²) in [6.45, 7) is 2.85. The van der Waals surface area contributed by atoms with Gasteiger partial charge in [-0.25, -0.2) is 4.21 Å². The highest BCUT2D eigenvalue weighted by Crippen LogP contribution is 2.48. The van der Waals surface area contributed by atoms with Crippen LogP contribution in [0.3, 0.4) is 0 Å². The second kappa shape index (κ2) is 5.34. The van der Waals surface area contributed by atoms with Crippen molar-refractivity contribution in [2.24, 2.45) is 11.8 Å². The van der Waals surface area contributed by atoms with Gasteiger partial charge in [0, 0.05) is 33.9 Å². The van der Waals surface area contributed by atoms with Crippen LogP contribution < -0.4 is 0 Å². The van der Waals surface area contributed by atoms with Crippen LogP contribution in [0.15, 0.2) is 39.8 Å². The molecule has 22 heavy (non-hydrogen) atoms. The minimum absolute atomic E-state index is 0.0752. The third kappa shape index (κ3) is 2.08. The van der Waals surface area contributed by atoms with E-state index in [0.29, 0.717) is 5.91 Å². The van der Waals surface area contributed by atoms with Crippen molar-refractivity contribution in [1.29, 1.82) is 0 Å². The smallest absolute Gasteiger partial charge is 0.230 e. The van der Waals surface area contributed by atoms with E-state index in [9.17, 15) is 9.00 Å². The first kappa shape index (κ1) is 14.2. The average molecular weight is 315 g/mol. The second-order valence-corrected chi connectivity index (χ2v) is 8.08. The lowest BCUT2D eigenvalue weighted by molar-refractivity contribution is -0.134. The van der Waals surface area contributed by atoms with Crippen LogP contribution in [0, 0.1) is 18.8 Å². The van der Waals surface area contributed by atoms with Crippen molar-refractivity contribution in [3.63, 3.8) is 0 Å². The molecular weight excluding hydrogens is 294 g/mol. The lowest BCUT2D eigenvalue weighted by Gasteiger charge is -2.34. The van der Waals surface area contributed by atoms with E-state index in [1.54, 1.807) is 0 Å². The van der Waals surface area contributed by atoms with Gasteiger partial charge in [0.2, 0.25) is 5.91 Å². The van der Waals surface area contributed by atoms with Crippen molar-refractivity contribution < 1.29 is 9.00 Å². The molecule has 1 aliphatic carbocycles. The highest BCUT2D eigenvalue weighted by molar-refractivity contribution is 7.89. The first-order valence-corrected chi connectivity index (χ1v) is 9.34. The number of fused-ring (bicyclic) bond motifs is 2. The van der Waals surface area contributed by atoms with Gasteiger partial charge >= 0.3 is 0 Å². The molecule has 2 heterocycles. The SMILES string of the molecule is Cc1ccc(S(=O)C2=C3CCCN3C(=O)[C@@H]3CCC[C@@H]23)cc1. The van der Waals surface area contributed by atoms with Gasteiger partial charge in [-0.15, -0.1) is 0 Å². The van der Waals surface area contributed by atoms with Gasteiger partial charge in [0.15, 0.2) is 0 Å². The Morgan fingerprint density at radius 2 is 1.82 bits per heavy atom. The van der Waals surface area contributed by atoms with Crippen molar-refractivity contribution >= 4 is 16.7 Å². The minimum atomic E-state index is -1.13. The molecule has 2 fully saturated rings. The average Bonchev–Trinajstić information content (AvgIpc) is 3.17. The van der Waals surface area contributed by atoms with Crippen molar-refractivity contribution in [3.8, 4) is 0 Å². The molecule has 2 aliphatic heterocycles. The Morgan fingerprint density at radius 3 is 2.59 bits per heavy atom. The second-order valence-electron chi connectivity index (χ2n) is 6.63. The maximum atomic E-state index is 13.2. The topological polar surface area (TPSA) is 37.4 Å². The third-order valence-corrected chi connectivity index (χ3v) is 6.91. The van der Waals surface area contributed by atoms with E-state index in [-0.39, 0.29) is 11.8 Å². The fourth-order valence-corrected chi connectivity index (χ4v) is 5.81. The Morgan fingerprint density at radius 1 is 1.09 bits per heavy atom. The summed E-state index contributed by atoms with van der Waals surface area (Å²) in [5.74, 6) is 0.574. The first-order chi connectivity index (χ1) is 10.7. The summed E-state index contributed by atoms with van der Waals surface area (Å²) in [4.78, 5) is 16.5. The number of carbonyl (C=O) groups excluding carboxylic acids is 1. The standard InChI is InChI=1S/C18H21NO2S/c1-12-7-9-13(10-8-12)22(21)17-14-4-2-5-15(14)18(20)19-11-3-6-16(17)19/h7-10,14-15H,2-6,11H2,1H3/t14-,15-,22?/m1/s1. The summed E-state index contributed by atoms with van der Waals surface area (Å²) in [5, 5.41) is 0. The van der Waals surface area contributed by atoms with Crippen LogP contribution in [0.2, 0.25) is 0 Å². The lowest BCUT2D eigenvalue weighted by atomic mass is 9.90. The molecule has 3 aliphatic rings. The highest BCUT2D eigenvalue weighted by atomic mass is 32.2. The molecule has 4 heteroatoms. The highest BCUT2D eigenvalue weighted by Gasteiger charge is 2.47. The van der Waals surface area contributed by atoms with Gasteiger partial charge in [-0.3, -0.25) is 4.79 Å². The summed E-state index contributed by atoms with van der Waals surface area (Å²) < 4.78 is 13.2. The molecular formula is C18H21NO2S. The fraction of sp³-hybridized carbons (Fsp3) is 0.500. The van der Waals surface area contributed by atoms with E-state index in [0.717, 1.165) is 54.1 Å². The van der Waals surface area contributed by atoms with Crippen LogP contribution in [0.5, 0.6) is 0 Å². The quantitative estimate of drug-likeness (QED) is 0.839. The van der Waals surface area contributed by atoms with Gasteiger partial charge in [0.25, 0.3) is 0 Å². The van der Waals surface area contributed by atoms with Crippen molar-refractivity contribution in [1.82, 2.24) is 4.90 Å². The molecule has 0 N–H and O–H groups in total. The summed E-state index contributed by atoms with van der Waals surface area (Å²) in [7, 11) is -1.13. The van der Waals surface area contributed by atoms with Crippen LogP contribution in [-0.2, 0) is 15.6 Å². The number of rotatable bonds is 2. The number of carbonyl (C=O) groups is 1.